The maximum atomic E-state index is 12.9. The van der Waals surface area contributed by atoms with Crippen molar-refractivity contribution >= 4 is 35.0 Å². The van der Waals surface area contributed by atoms with Crippen molar-refractivity contribution in [2.75, 3.05) is 16.8 Å². The number of benzene rings is 1. The zero-order valence-electron chi connectivity index (χ0n) is 13.3. The molecule has 2 heterocycles. The fourth-order valence-electron chi connectivity index (χ4n) is 2.41. The summed E-state index contributed by atoms with van der Waals surface area (Å²) in [6, 6.07) is 5.80. The Morgan fingerprint density at radius 3 is 2.85 bits per heavy atom. The second kappa shape index (κ2) is 7.75. The summed E-state index contributed by atoms with van der Waals surface area (Å²) in [6.45, 7) is 0. The van der Waals surface area contributed by atoms with Crippen molar-refractivity contribution < 1.29 is 22.7 Å². The molecule has 0 saturated carbocycles. The Morgan fingerprint density at radius 1 is 1.35 bits per heavy atom. The Morgan fingerprint density at radius 2 is 2.15 bits per heavy atom. The molecule has 0 spiro atoms. The van der Waals surface area contributed by atoms with Crippen LogP contribution in [-0.2, 0) is 6.18 Å². The second-order valence-corrected chi connectivity index (χ2v) is 7.16. The fraction of sp³-hybridized carbons (Fsp3) is 0.294. The largest absolute Gasteiger partial charge is 0.473 e. The van der Waals surface area contributed by atoms with Crippen LogP contribution in [0.25, 0.3) is 0 Å². The first-order chi connectivity index (χ1) is 12.3. The van der Waals surface area contributed by atoms with Gasteiger partial charge in [0, 0.05) is 11.9 Å². The first kappa shape index (κ1) is 18.8. The van der Waals surface area contributed by atoms with Crippen LogP contribution in [0.15, 0.2) is 36.5 Å². The molecule has 1 aliphatic heterocycles. The number of pyridine rings is 1. The lowest BCUT2D eigenvalue weighted by molar-refractivity contribution is -0.137. The average Bonchev–Trinajstić information content (AvgIpc) is 3.09. The smallest absolute Gasteiger partial charge is 0.416 e. The van der Waals surface area contributed by atoms with Crippen molar-refractivity contribution in [3.8, 4) is 5.88 Å². The molecule has 9 heteroatoms. The van der Waals surface area contributed by atoms with E-state index in [-0.39, 0.29) is 28.3 Å². The normalized spacial score (nSPS) is 17.2. The quantitative estimate of drug-likeness (QED) is 0.791. The predicted molar refractivity (Wildman–Crippen MR) is 95.0 cm³/mol. The molecule has 1 aliphatic rings. The summed E-state index contributed by atoms with van der Waals surface area (Å²) in [6.07, 6.45) is -2.24. The first-order valence-electron chi connectivity index (χ1n) is 7.72. The van der Waals surface area contributed by atoms with E-state index in [0.29, 0.717) is 0 Å². The van der Waals surface area contributed by atoms with E-state index in [9.17, 15) is 18.0 Å². The lowest BCUT2D eigenvalue weighted by Crippen LogP contribution is -2.20. The molecule has 1 aromatic carbocycles. The molecule has 0 radical (unpaired) electrons. The Bertz CT molecular complexity index is 811. The molecular formula is C17H14ClF3N2O2S. The number of hydrogen-bond acceptors (Lipinski definition) is 4. The number of carbonyl (C=O) groups is 1. The summed E-state index contributed by atoms with van der Waals surface area (Å²) in [4.78, 5) is 16.6. The molecule has 1 unspecified atom stereocenters. The van der Waals surface area contributed by atoms with E-state index in [2.05, 4.69) is 10.3 Å². The lowest BCUT2D eigenvalue weighted by atomic mass is 10.1. The molecular weight excluding hydrogens is 389 g/mol. The number of anilines is 1. The van der Waals surface area contributed by atoms with Gasteiger partial charge in [-0.3, -0.25) is 4.79 Å². The van der Waals surface area contributed by atoms with E-state index < -0.39 is 17.6 Å². The van der Waals surface area contributed by atoms with Gasteiger partial charge in [0.1, 0.15) is 11.7 Å². The number of carbonyl (C=O) groups excluding carboxylic acids is 1. The molecule has 4 nitrogen and oxygen atoms in total. The fourth-order valence-corrected chi connectivity index (χ4v) is 3.67. The van der Waals surface area contributed by atoms with Crippen LogP contribution < -0.4 is 10.1 Å². The van der Waals surface area contributed by atoms with Crippen LogP contribution in [-0.4, -0.2) is 28.5 Å². The molecule has 1 amide bonds. The highest BCUT2D eigenvalue weighted by molar-refractivity contribution is 7.99. The van der Waals surface area contributed by atoms with Crippen LogP contribution >= 0.6 is 23.4 Å². The second-order valence-electron chi connectivity index (χ2n) is 5.61. The van der Waals surface area contributed by atoms with E-state index in [1.54, 1.807) is 17.8 Å². The van der Waals surface area contributed by atoms with Gasteiger partial charge in [-0.1, -0.05) is 11.6 Å². The Hall–Kier alpha value is -1.93. The molecule has 1 atom stereocenters. The van der Waals surface area contributed by atoms with Gasteiger partial charge in [-0.25, -0.2) is 4.98 Å². The van der Waals surface area contributed by atoms with Gasteiger partial charge in [0.2, 0.25) is 5.88 Å². The third-order valence-electron chi connectivity index (χ3n) is 3.72. The van der Waals surface area contributed by atoms with E-state index in [4.69, 9.17) is 16.3 Å². The number of ether oxygens (including phenoxy) is 1. The summed E-state index contributed by atoms with van der Waals surface area (Å²) in [7, 11) is 0. The van der Waals surface area contributed by atoms with Crippen molar-refractivity contribution in [1.82, 2.24) is 4.98 Å². The average molecular weight is 403 g/mol. The number of alkyl halides is 3. The number of thioether (sulfide) groups is 1. The number of hydrogen-bond donors (Lipinski definition) is 1. The Labute approximate surface area is 157 Å². The van der Waals surface area contributed by atoms with Crippen LogP contribution in [0.1, 0.15) is 22.3 Å². The lowest BCUT2D eigenvalue weighted by Gasteiger charge is -2.15. The highest BCUT2D eigenvalue weighted by Gasteiger charge is 2.31. The summed E-state index contributed by atoms with van der Waals surface area (Å²) in [5.41, 5.74) is -0.890. The third kappa shape index (κ3) is 4.42. The van der Waals surface area contributed by atoms with Crippen LogP contribution in [0.5, 0.6) is 5.88 Å². The maximum absolute atomic E-state index is 12.9. The minimum atomic E-state index is -4.53. The monoisotopic (exact) mass is 402 g/mol. The third-order valence-corrected chi connectivity index (χ3v) is 5.19. The van der Waals surface area contributed by atoms with Gasteiger partial charge in [0.05, 0.1) is 16.3 Å². The van der Waals surface area contributed by atoms with E-state index in [1.807, 2.05) is 0 Å². The summed E-state index contributed by atoms with van der Waals surface area (Å²) < 4.78 is 44.4. The van der Waals surface area contributed by atoms with Gasteiger partial charge in [-0.05, 0) is 42.5 Å². The summed E-state index contributed by atoms with van der Waals surface area (Å²) in [5.74, 6) is 1.29. The molecule has 1 aromatic heterocycles. The topological polar surface area (TPSA) is 51.2 Å². The van der Waals surface area contributed by atoms with Gasteiger partial charge in [-0.2, -0.15) is 24.9 Å². The SMILES string of the molecule is O=C(Nc1cc(C(F)(F)F)ccc1Cl)c1cccnc1OC1CCSC1. The maximum Gasteiger partial charge on any atom is 0.416 e. The van der Waals surface area contributed by atoms with Gasteiger partial charge in [0.25, 0.3) is 5.91 Å². The van der Waals surface area contributed by atoms with E-state index >= 15 is 0 Å². The number of nitrogens with one attached hydrogen (secondary N) is 1. The molecule has 138 valence electrons. The van der Waals surface area contributed by atoms with Gasteiger partial charge < -0.3 is 10.1 Å². The van der Waals surface area contributed by atoms with Crippen LogP contribution in [0.2, 0.25) is 5.02 Å². The predicted octanol–water partition coefficient (Wildman–Crippen LogP) is 4.89. The van der Waals surface area contributed by atoms with E-state index in [1.165, 1.54) is 12.3 Å². The molecule has 2 aromatic rings. The highest BCUT2D eigenvalue weighted by Crippen LogP contribution is 2.34. The zero-order valence-corrected chi connectivity index (χ0v) is 14.9. The molecule has 1 N–H and O–H groups in total. The van der Waals surface area contributed by atoms with Crippen molar-refractivity contribution in [2.24, 2.45) is 0 Å². The van der Waals surface area contributed by atoms with Crippen molar-refractivity contribution in [3.63, 3.8) is 0 Å². The molecule has 26 heavy (non-hydrogen) atoms. The van der Waals surface area contributed by atoms with Crippen molar-refractivity contribution in [1.29, 1.82) is 0 Å². The summed E-state index contributed by atoms with van der Waals surface area (Å²) >= 11 is 7.67. The minimum absolute atomic E-state index is 0.00454. The van der Waals surface area contributed by atoms with Crippen molar-refractivity contribution in [3.05, 3.63) is 52.7 Å². The zero-order chi connectivity index (χ0) is 18.7. The van der Waals surface area contributed by atoms with Crippen LogP contribution in [0, 0.1) is 0 Å². The molecule has 1 fully saturated rings. The first-order valence-corrected chi connectivity index (χ1v) is 9.25. The number of aromatic nitrogens is 1. The highest BCUT2D eigenvalue weighted by atomic mass is 35.5. The van der Waals surface area contributed by atoms with Crippen LogP contribution in [0.4, 0.5) is 18.9 Å². The van der Waals surface area contributed by atoms with Gasteiger partial charge in [0.15, 0.2) is 0 Å². The molecule has 0 bridgehead atoms. The summed E-state index contributed by atoms with van der Waals surface area (Å²) in [5, 5.41) is 2.41. The van der Waals surface area contributed by atoms with Crippen LogP contribution in [0.3, 0.4) is 0 Å². The Kier molecular flexibility index (Phi) is 5.62. The van der Waals surface area contributed by atoms with Crippen molar-refractivity contribution in [2.45, 2.75) is 18.7 Å². The van der Waals surface area contributed by atoms with E-state index in [0.717, 1.165) is 36.1 Å². The molecule has 3 rings (SSSR count). The standard InChI is InChI=1S/C17H14ClF3N2O2S/c18-13-4-3-10(17(19,20)21)8-14(13)23-15(24)12-2-1-6-22-16(12)25-11-5-7-26-9-11/h1-4,6,8,11H,5,7,9H2,(H,23,24). The Balaban J connectivity index is 1.82. The number of halogens is 4. The van der Waals surface area contributed by atoms with Gasteiger partial charge in [-0.15, -0.1) is 0 Å². The number of rotatable bonds is 4. The molecule has 0 aliphatic carbocycles. The number of nitrogens with zero attached hydrogens (tertiary/aromatic N) is 1. The minimum Gasteiger partial charge on any atom is -0.473 e. The van der Waals surface area contributed by atoms with Gasteiger partial charge >= 0.3 is 6.18 Å². The number of amides is 1. The molecule has 1 saturated heterocycles.